The van der Waals surface area contributed by atoms with E-state index in [9.17, 15) is 9.59 Å². The maximum absolute atomic E-state index is 13.0. The van der Waals surface area contributed by atoms with Crippen LogP contribution >= 0.6 is 0 Å². The summed E-state index contributed by atoms with van der Waals surface area (Å²) in [5, 5.41) is 2.79. The van der Waals surface area contributed by atoms with Crippen molar-refractivity contribution >= 4 is 12.1 Å². The highest BCUT2D eigenvalue weighted by atomic mass is 16.6. The van der Waals surface area contributed by atoms with Crippen LogP contribution in [0.2, 0.25) is 0 Å². The van der Waals surface area contributed by atoms with Crippen molar-refractivity contribution in [1.29, 1.82) is 0 Å². The number of unbranched alkanes of at least 4 members (excludes halogenated alkanes) is 2. The summed E-state index contributed by atoms with van der Waals surface area (Å²) in [7, 11) is 0. The molecule has 1 aliphatic heterocycles. The lowest BCUT2D eigenvalue weighted by atomic mass is 9.46. The van der Waals surface area contributed by atoms with Gasteiger partial charge in [-0.25, -0.2) is 4.79 Å². The van der Waals surface area contributed by atoms with Crippen molar-refractivity contribution in [2.24, 2.45) is 22.7 Å². The molecule has 2 fully saturated rings. The van der Waals surface area contributed by atoms with Crippen molar-refractivity contribution in [3.63, 3.8) is 0 Å². The number of carbonyl (C=O) groups excluding carboxylic acids is 2. The third-order valence-electron chi connectivity index (χ3n) is 10.5. The van der Waals surface area contributed by atoms with Crippen LogP contribution in [0.15, 0.2) is 34.7 Å². The minimum Gasteiger partial charge on any atom is -0.472 e. The van der Waals surface area contributed by atoms with Crippen LogP contribution in [0.25, 0.3) is 0 Å². The first-order valence-corrected chi connectivity index (χ1v) is 16.4. The average Bonchev–Trinajstić information content (AvgIpc) is 3.47. The fourth-order valence-corrected chi connectivity index (χ4v) is 7.82. The van der Waals surface area contributed by atoms with Gasteiger partial charge in [0, 0.05) is 23.9 Å². The van der Waals surface area contributed by atoms with Gasteiger partial charge in [-0.1, -0.05) is 33.3 Å². The van der Waals surface area contributed by atoms with Crippen molar-refractivity contribution < 1.29 is 28.2 Å². The Morgan fingerprint density at radius 1 is 1.12 bits per heavy atom. The summed E-state index contributed by atoms with van der Waals surface area (Å²) in [5.41, 5.74) is 2.27. The van der Waals surface area contributed by atoms with Gasteiger partial charge in [-0.2, -0.15) is 0 Å². The molecule has 6 atom stereocenters. The quantitative estimate of drug-likeness (QED) is 0.159. The van der Waals surface area contributed by atoms with Crippen molar-refractivity contribution in [2.75, 3.05) is 13.2 Å². The Morgan fingerprint density at radius 3 is 2.62 bits per heavy atom. The molecule has 0 radical (unpaired) electrons. The van der Waals surface area contributed by atoms with Gasteiger partial charge in [0.15, 0.2) is 0 Å². The van der Waals surface area contributed by atoms with Gasteiger partial charge in [0.2, 0.25) is 0 Å². The summed E-state index contributed by atoms with van der Waals surface area (Å²) < 4.78 is 23.0. The maximum atomic E-state index is 13.0. The summed E-state index contributed by atoms with van der Waals surface area (Å²) in [6.07, 6.45) is 17.2. The first kappa shape index (κ1) is 32.6. The zero-order valence-electron chi connectivity index (χ0n) is 27.0. The van der Waals surface area contributed by atoms with E-state index in [0.29, 0.717) is 31.4 Å². The van der Waals surface area contributed by atoms with E-state index in [1.54, 1.807) is 12.5 Å². The molecule has 7 heteroatoms. The molecule has 236 valence electrons. The predicted molar refractivity (Wildman–Crippen MR) is 164 cm³/mol. The number of carbonyl (C=O) groups is 2. The fraction of sp³-hybridized carbons (Fsp3) is 0.771. The SMILES string of the molecule is C[C@H]1CC[C@]2(C)[C@H](CCC[C@H]2OC(=O)CCCCCNC(=O)OC(C)(C)C)[C@@]1(C)CCC1=CC[C@H](c2ccoc2)OC1. The van der Waals surface area contributed by atoms with Crippen LogP contribution < -0.4 is 5.32 Å². The van der Waals surface area contributed by atoms with Crippen LogP contribution in [0.4, 0.5) is 4.79 Å². The number of alkyl carbamates (subject to hydrolysis) is 1. The summed E-state index contributed by atoms with van der Waals surface area (Å²) in [6.45, 7) is 14.2. The molecule has 1 N–H and O–H groups in total. The number of hydrogen-bond acceptors (Lipinski definition) is 6. The lowest BCUT2D eigenvalue weighted by Gasteiger charge is -2.60. The van der Waals surface area contributed by atoms with Crippen molar-refractivity contribution in [3.8, 4) is 0 Å². The van der Waals surface area contributed by atoms with Gasteiger partial charge < -0.3 is 23.9 Å². The zero-order chi connectivity index (χ0) is 30.4. The van der Waals surface area contributed by atoms with Crippen molar-refractivity contribution in [2.45, 2.75) is 136 Å². The molecule has 0 bridgehead atoms. The monoisotopic (exact) mass is 585 g/mol. The molecular weight excluding hydrogens is 530 g/mol. The van der Waals surface area contributed by atoms with E-state index in [1.807, 2.05) is 26.8 Å². The third-order valence-corrected chi connectivity index (χ3v) is 10.5. The molecule has 1 amide bonds. The van der Waals surface area contributed by atoms with Gasteiger partial charge in [-0.3, -0.25) is 4.79 Å². The van der Waals surface area contributed by atoms with E-state index in [0.717, 1.165) is 63.4 Å². The van der Waals surface area contributed by atoms with Gasteiger partial charge >= 0.3 is 12.1 Å². The highest BCUT2D eigenvalue weighted by Crippen LogP contribution is 2.62. The van der Waals surface area contributed by atoms with E-state index in [1.165, 1.54) is 18.4 Å². The first-order chi connectivity index (χ1) is 19.9. The van der Waals surface area contributed by atoms with E-state index < -0.39 is 11.7 Å². The van der Waals surface area contributed by atoms with Gasteiger partial charge in [0.1, 0.15) is 11.7 Å². The lowest BCUT2D eigenvalue weighted by molar-refractivity contribution is -0.182. The Morgan fingerprint density at radius 2 is 1.93 bits per heavy atom. The summed E-state index contributed by atoms with van der Waals surface area (Å²) >= 11 is 0. The molecule has 2 saturated carbocycles. The number of furan rings is 1. The molecule has 42 heavy (non-hydrogen) atoms. The standard InChI is InChI=1S/C35H55NO6/c1-25-16-19-35(6)29(34(25,5)20-17-26-14-15-28(40-23-26)27-18-22-39-24-27)11-10-12-30(35)41-31(37)13-8-7-9-21-36-32(38)42-33(2,3)4/h14,18,22,24-25,28-30H,7-13,15-17,19-21,23H2,1-6H3,(H,36,38)/t25-,28+,29+,30+,34-,35+/m0/s1. The molecule has 7 nitrogen and oxygen atoms in total. The second-order valence-electron chi connectivity index (χ2n) is 14.6. The molecule has 0 spiro atoms. The van der Waals surface area contributed by atoms with E-state index in [-0.39, 0.29) is 29.0 Å². The van der Waals surface area contributed by atoms with Crippen LogP contribution in [0.1, 0.15) is 130 Å². The summed E-state index contributed by atoms with van der Waals surface area (Å²) in [4.78, 5) is 24.7. The molecule has 2 aliphatic carbocycles. The highest BCUT2D eigenvalue weighted by molar-refractivity contribution is 5.69. The molecule has 1 aromatic heterocycles. The van der Waals surface area contributed by atoms with E-state index >= 15 is 0 Å². The van der Waals surface area contributed by atoms with Crippen LogP contribution in [-0.2, 0) is 19.0 Å². The minimum atomic E-state index is -0.496. The van der Waals surface area contributed by atoms with Crippen LogP contribution in [0.3, 0.4) is 0 Å². The second kappa shape index (κ2) is 14.0. The van der Waals surface area contributed by atoms with Crippen LogP contribution in [0, 0.1) is 22.7 Å². The first-order valence-electron chi connectivity index (χ1n) is 16.4. The third kappa shape index (κ3) is 8.21. The molecule has 0 aromatic carbocycles. The van der Waals surface area contributed by atoms with Gasteiger partial charge in [-0.05, 0) is 114 Å². The average molecular weight is 586 g/mol. The van der Waals surface area contributed by atoms with Gasteiger partial charge in [0.05, 0.1) is 25.2 Å². The number of nitrogens with one attached hydrogen (secondary N) is 1. The topological polar surface area (TPSA) is 87.0 Å². The maximum Gasteiger partial charge on any atom is 0.407 e. The van der Waals surface area contributed by atoms with Gasteiger partial charge in [-0.15, -0.1) is 0 Å². The number of esters is 1. The number of amides is 1. The van der Waals surface area contributed by atoms with Crippen LogP contribution in [0.5, 0.6) is 0 Å². The Bertz CT molecular complexity index is 1060. The fourth-order valence-electron chi connectivity index (χ4n) is 7.82. The molecule has 3 aliphatic rings. The number of rotatable bonds is 11. The molecule has 2 heterocycles. The second-order valence-corrected chi connectivity index (χ2v) is 14.6. The van der Waals surface area contributed by atoms with Crippen molar-refractivity contribution in [3.05, 3.63) is 35.8 Å². The van der Waals surface area contributed by atoms with E-state index in [2.05, 4.69) is 32.2 Å². The molecule has 4 rings (SSSR count). The normalized spacial score (nSPS) is 31.5. The predicted octanol–water partition coefficient (Wildman–Crippen LogP) is 8.69. The lowest BCUT2D eigenvalue weighted by Crippen LogP contribution is -2.56. The molecule has 0 saturated heterocycles. The number of ether oxygens (including phenoxy) is 3. The zero-order valence-corrected chi connectivity index (χ0v) is 27.0. The Labute approximate surface area is 253 Å². The molecular formula is C35H55NO6. The van der Waals surface area contributed by atoms with E-state index in [4.69, 9.17) is 18.6 Å². The minimum absolute atomic E-state index is 0.00245. The molecule has 1 aromatic rings. The Hall–Kier alpha value is -2.28. The number of hydrogen-bond donors (Lipinski definition) is 1. The highest BCUT2D eigenvalue weighted by Gasteiger charge is 2.57. The number of fused-ring (bicyclic) bond motifs is 1. The smallest absolute Gasteiger partial charge is 0.407 e. The largest absolute Gasteiger partial charge is 0.472 e. The molecule has 0 unspecified atom stereocenters. The summed E-state index contributed by atoms with van der Waals surface area (Å²) in [5.74, 6) is 1.12. The van der Waals surface area contributed by atoms with Gasteiger partial charge in [0.25, 0.3) is 0 Å². The Balaban J connectivity index is 1.25. The summed E-state index contributed by atoms with van der Waals surface area (Å²) in [6, 6.07) is 1.99. The Kier molecular flexibility index (Phi) is 10.9. The van der Waals surface area contributed by atoms with Crippen LogP contribution in [-0.4, -0.2) is 36.9 Å². The van der Waals surface area contributed by atoms with Crippen molar-refractivity contribution in [1.82, 2.24) is 5.32 Å².